The topological polar surface area (TPSA) is 59.6 Å². The second kappa shape index (κ2) is 8.19. The van der Waals surface area contributed by atoms with Gasteiger partial charge >= 0.3 is 0 Å². The molecule has 1 aliphatic rings. The number of carbonyl (C=O) groups is 1. The van der Waals surface area contributed by atoms with Crippen LogP contribution in [-0.2, 0) is 0 Å². The Morgan fingerprint density at radius 1 is 1.32 bits per heavy atom. The lowest BCUT2D eigenvalue weighted by Gasteiger charge is -2.28. The van der Waals surface area contributed by atoms with E-state index in [9.17, 15) is 9.18 Å². The number of methoxy groups -OCH3 is 2. The summed E-state index contributed by atoms with van der Waals surface area (Å²) in [7, 11) is 2.87. The number of hydrogen-bond donors (Lipinski definition) is 2. The summed E-state index contributed by atoms with van der Waals surface area (Å²) in [6.45, 7) is 2.91. The molecule has 1 aromatic rings. The summed E-state index contributed by atoms with van der Waals surface area (Å²) in [6, 6.07) is 2.94. The molecule has 1 amide bonds. The van der Waals surface area contributed by atoms with Crippen molar-refractivity contribution in [3.05, 3.63) is 23.5 Å². The second-order valence-corrected chi connectivity index (χ2v) is 5.24. The van der Waals surface area contributed by atoms with Crippen molar-refractivity contribution in [1.82, 2.24) is 10.6 Å². The van der Waals surface area contributed by atoms with E-state index in [1.807, 2.05) is 0 Å². The maximum Gasteiger partial charge on any atom is 0.254 e. The minimum Gasteiger partial charge on any atom is -0.493 e. The molecular weight excluding hydrogens is 311 g/mol. The molecule has 124 valence electrons. The Labute approximate surface area is 136 Å². The minimum absolute atomic E-state index is 0. The van der Waals surface area contributed by atoms with Gasteiger partial charge in [0, 0.05) is 18.2 Å². The molecule has 0 radical (unpaired) electrons. The van der Waals surface area contributed by atoms with Crippen molar-refractivity contribution < 1.29 is 18.7 Å². The molecule has 0 aliphatic carbocycles. The first-order valence-electron chi connectivity index (χ1n) is 7.01. The Kier molecular flexibility index (Phi) is 6.90. The van der Waals surface area contributed by atoms with Crippen molar-refractivity contribution in [3.8, 4) is 11.5 Å². The van der Waals surface area contributed by atoms with Crippen molar-refractivity contribution in [2.75, 3.05) is 20.8 Å². The fourth-order valence-electron chi connectivity index (χ4n) is 2.55. The zero-order chi connectivity index (χ0) is 15.4. The molecule has 2 N–H and O–H groups in total. The third-order valence-electron chi connectivity index (χ3n) is 3.68. The number of nitrogens with one attached hydrogen (secondary N) is 2. The second-order valence-electron chi connectivity index (χ2n) is 5.24. The zero-order valence-electron chi connectivity index (χ0n) is 12.9. The van der Waals surface area contributed by atoms with Gasteiger partial charge < -0.3 is 20.1 Å². The van der Waals surface area contributed by atoms with E-state index >= 15 is 0 Å². The molecular formula is C15H22ClFN2O3. The molecule has 22 heavy (non-hydrogen) atoms. The van der Waals surface area contributed by atoms with Crippen LogP contribution in [0.2, 0.25) is 0 Å². The maximum atomic E-state index is 14.0. The van der Waals surface area contributed by atoms with E-state index in [-0.39, 0.29) is 29.8 Å². The van der Waals surface area contributed by atoms with Crippen molar-refractivity contribution in [1.29, 1.82) is 0 Å². The van der Waals surface area contributed by atoms with Gasteiger partial charge in [0.2, 0.25) is 0 Å². The molecule has 1 fully saturated rings. The van der Waals surface area contributed by atoms with Crippen LogP contribution < -0.4 is 20.1 Å². The molecule has 1 heterocycles. The van der Waals surface area contributed by atoms with Gasteiger partial charge in [-0.1, -0.05) is 0 Å². The SMILES string of the molecule is COc1cc(F)c(C(=O)NC2CCNC(C)C2)cc1OC.Cl. The lowest BCUT2D eigenvalue weighted by atomic mass is 10.00. The Morgan fingerprint density at radius 3 is 2.55 bits per heavy atom. The predicted octanol–water partition coefficient (Wildman–Crippen LogP) is 2.14. The Morgan fingerprint density at radius 2 is 1.95 bits per heavy atom. The molecule has 7 heteroatoms. The van der Waals surface area contributed by atoms with Crippen molar-refractivity contribution in [3.63, 3.8) is 0 Å². The van der Waals surface area contributed by atoms with Crippen molar-refractivity contribution in [2.24, 2.45) is 0 Å². The molecule has 1 saturated heterocycles. The zero-order valence-corrected chi connectivity index (χ0v) is 13.8. The van der Waals surface area contributed by atoms with E-state index in [0.717, 1.165) is 19.4 Å². The number of hydrogen-bond acceptors (Lipinski definition) is 4. The van der Waals surface area contributed by atoms with Gasteiger partial charge in [-0.25, -0.2) is 4.39 Å². The smallest absolute Gasteiger partial charge is 0.254 e. The summed E-state index contributed by atoms with van der Waals surface area (Å²) < 4.78 is 24.1. The summed E-state index contributed by atoms with van der Waals surface area (Å²) in [5.41, 5.74) is -0.0289. The first-order valence-corrected chi connectivity index (χ1v) is 7.01. The van der Waals surface area contributed by atoms with Crippen LogP contribution in [0.4, 0.5) is 4.39 Å². The lowest BCUT2D eigenvalue weighted by molar-refractivity contribution is 0.0921. The summed E-state index contributed by atoms with van der Waals surface area (Å²) >= 11 is 0. The quantitative estimate of drug-likeness (QED) is 0.887. The number of halogens is 2. The summed E-state index contributed by atoms with van der Waals surface area (Å²) in [6.07, 6.45) is 1.67. The highest BCUT2D eigenvalue weighted by molar-refractivity contribution is 5.95. The summed E-state index contributed by atoms with van der Waals surface area (Å²) in [4.78, 5) is 12.2. The van der Waals surface area contributed by atoms with Crippen LogP contribution in [-0.4, -0.2) is 38.8 Å². The Hall–Kier alpha value is -1.53. The molecule has 1 aromatic carbocycles. The first-order chi connectivity index (χ1) is 10.0. The highest BCUT2D eigenvalue weighted by Gasteiger charge is 2.23. The van der Waals surface area contributed by atoms with Crippen molar-refractivity contribution >= 4 is 18.3 Å². The van der Waals surface area contributed by atoms with Gasteiger partial charge in [0.1, 0.15) is 5.82 Å². The fraction of sp³-hybridized carbons (Fsp3) is 0.533. The number of ether oxygens (including phenoxy) is 2. The Bertz CT molecular complexity index is 528. The molecule has 2 atom stereocenters. The summed E-state index contributed by atoms with van der Waals surface area (Å²) in [5.74, 6) is -0.440. The van der Waals surface area contributed by atoms with E-state index in [2.05, 4.69) is 17.6 Å². The number of carbonyl (C=O) groups excluding carboxylic acids is 1. The molecule has 1 aliphatic heterocycles. The lowest BCUT2D eigenvalue weighted by Crippen LogP contribution is -2.46. The average molecular weight is 333 g/mol. The van der Waals surface area contributed by atoms with Gasteiger partial charge in [-0.3, -0.25) is 4.79 Å². The monoisotopic (exact) mass is 332 g/mol. The maximum absolute atomic E-state index is 14.0. The Balaban J connectivity index is 0.00000242. The normalized spacial score (nSPS) is 20.7. The van der Waals surface area contributed by atoms with Crippen molar-refractivity contribution in [2.45, 2.75) is 31.8 Å². The molecule has 2 rings (SSSR count). The standard InChI is InChI=1S/C15H21FN2O3.ClH/c1-9-6-10(4-5-17-9)18-15(19)11-7-13(20-2)14(21-3)8-12(11)16;/h7-10,17H,4-6H2,1-3H3,(H,18,19);1H. The molecule has 5 nitrogen and oxygen atoms in total. The van der Waals surface area contributed by atoms with Gasteiger partial charge in [-0.15, -0.1) is 12.4 Å². The number of amides is 1. The summed E-state index contributed by atoms with van der Waals surface area (Å²) in [5, 5.41) is 6.19. The highest BCUT2D eigenvalue weighted by atomic mass is 35.5. The van der Waals surface area contributed by atoms with Crippen LogP contribution in [0.1, 0.15) is 30.1 Å². The van der Waals surface area contributed by atoms with Gasteiger partial charge in [-0.2, -0.15) is 0 Å². The van der Waals surface area contributed by atoms with Crippen LogP contribution in [0.5, 0.6) is 11.5 Å². The molecule has 0 bridgehead atoms. The number of benzene rings is 1. The average Bonchev–Trinajstić information content (AvgIpc) is 2.46. The third-order valence-corrected chi connectivity index (χ3v) is 3.68. The van der Waals surface area contributed by atoms with Crippen LogP contribution in [0.25, 0.3) is 0 Å². The molecule has 0 aromatic heterocycles. The van der Waals surface area contributed by atoms with E-state index in [0.29, 0.717) is 11.8 Å². The van der Waals surface area contributed by atoms with E-state index < -0.39 is 11.7 Å². The first kappa shape index (κ1) is 18.5. The number of rotatable bonds is 4. The largest absolute Gasteiger partial charge is 0.493 e. The van der Waals surface area contributed by atoms with E-state index in [1.165, 1.54) is 26.4 Å². The fourth-order valence-corrected chi connectivity index (χ4v) is 2.55. The van der Waals surface area contributed by atoms with Crippen LogP contribution in [0.15, 0.2) is 12.1 Å². The van der Waals surface area contributed by atoms with Crippen LogP contribution in [0.3, 0.4) is 0 Å². The molecule has 0 saturated carbocycles. The molecule has 0 spiro atoms. The van der Waals surface area contributed by atoms with Gasteiger partial charge in [0.05, 0.1) is 19.8 Å². The minimum atomic E-state index is -0.618. The third kappa shape index (κ3) is 4.24. The molecule has 2 unspecified atom stereocenters. The van der Waals surface area contributed by atoms with E-state index in [1.54, 1.807) is 0 Å². The van der Waals surface area contributed by atoms with Crippen LogP contribution >= 0.6 is 12.4 Å². The predicted molar refractivity (Wildman–Crippen MR) is 84.7 cm³/mol. The highest BCUT2D eigenvalue weighted by Crippen LogP contribution is 2.29. The van der Waals surface area contributed by atoms with E-state index in [4.69, 9.17) is 9.47 Å². The van der Waals surface area contributed by atoms with Gasteiger partial charge in [0.25, 0.3) is 5.91 Å². The van der Waals surface area contributed by atoms with Gasteiger partial charge in [-0.05, 0) is 32.4 Å². The number of piperidine rings is 1. The van der Waals surface area contributed by atoms with Crippen LogP contribution in [0, 0.1) is 5.82 Å². The van der Waals surface area contributed by atoms with Gasteiger partial charge in [0.15, 0.2) is 11.5 Å².